The topological polar surface area (TPSA) is 90.9 Å². The van der Waals surface area contributed by atoms with E-state index in [4.69, 9.17) is 11.6 Å². The molecule has 0 spiro atoms. The lowest BCUT2D eigenvalue weighted by molar-refractivity contribution is -0.117. The molecule has 1 aromatic rings. The van der Waals surface area contributed by atoms with Crippen molar-refractivity contribution in [3.8, 4) is 0 Å². The van der Waals surface area contributed by atoms with Crippen molar-refractivity contribution in [2.45, 2.75) is 13.5 Å². The lowest BCUT2D eigenvalue weighted by atomic mass is 10.2. The summed E-state index contributed by atoms with van der Waals surface area (Å²) in [6, 6.07) is 7.67. The van der Waals surface area contributed by atoms with Gasteiger partial charge >= 0.3 is 0 Å². The summed E-state index contributed by atoms with van der Waals surface area (Å²) in [6.07, 6.45) is 1.76. The van der Waals surface area contributed by atoms with Gasteiger partial charge in [0.1, 0.15) is 0 Å². The quantitative estimate of drug-likeness (QED) is 0.376. The first-order valence-electron chi connectivity index (χ1n) is 8.79. The number of rotatable bonds is 7. The van der Waals surface area contributed by atoms with Gasteiger partial charge in [0.25, 0.3) is 0 Å². The first-order chi connectivity index (χ1) is 12.3. The van der Waals surface area contributed by atoms with E-state index in [9.17, 15) is 4.79 Å². The first kappa shape index (κ1) is 20.0. The van der Waals surface area contributed by atoms with Crippen LogP contribution in [0.1, 0.15) is 12.5 Å². The van der Waals surface area contributed by atoms with E-state index < -0.39 is 0 Å². The molecule has 1 aliphatic rings. The molecule has 1 heterocycles. The fourth-order valence-electron chi connectivity index (χ4n) is 2.68. The number of anilines is 1. The zero-order chi connectivity index (χ0) is 19.1. The molecule has 1 saturated heterocycles. The number of likely N-dealkylation sites (N-methyl/N-ethyl adjacent to an activating group) is 1. The molecule has 7 heteroatoms. The summed E-state index contributed by atoms with van der Waals surface area (Å²) >= 11 is 0. The van der Waals surface area contributed by atoms with E-state index in [1.807, 2.05) is 24.3 Å². The van der Waals surface area contributed by atoms with E-state index in [1.165, 1.54) is 5.01 Å². The molecule has 0 aliphatic carbocycles. The number of amides is 1. The second kappa shape index (κ2) is 9.38. The van der Waals surface area contributed by atoms with Gasteiger partial charge in [-0.05, 0) is 31.7 Å². The standard InChI is InChI=1S/C19H30N6O/c1-15(2)19(26)22-12-16-4-6-18(7-5-16)25(21)14-17(20)13-24-10-8-23(3)9-11-24/h4-7,14H,1,8-13,20-21H2,2-3H3,(H,22,26)/b17-14-. The molecule has 2 rings (SSSR count). The van der Waals surface area contributed by atoms with Crippen LogP contribution in [-0.4, -0.2) is 55.5 Å². The smallest absolute Gasteiger partial charge is 0.246 e. The molecule has 0 radical (unpaired) electrons. The van der Waals surface area contributed by atoms with Crippen LogP contribution < -0.4 is 21.9 Å². The fraction of sp³-hybridized carbons (Fsp3) is 0.421. The van der Waals surface area contributed by atoms with Crippen LogP contribution in [0.15, 0.2) is 48.3 Å². The monoisotopic (exact) mass is 358 g/mol. The molecule has 0 atom stereocenters. The van der Waals surface area contributed by atoms with Crippen LogP contribution in [0.4, 0.5) is 5.69 Å². The number of carbonyl (C=O) groups is 1. The van der Waals surface area contributed by atoms with Crippen LogP contribution in [0.5, 0.6) is 0 Å². The van der Waals surface area contributed by atoms with Crippen molar-refractivity contribution in [1.82, 2.24) is 15.1 Å². The summed E-state index contributed by atoms with van der Waals surface area (Å²) in [5.74, 6) is 5.96. The maximum atomic E-state index is 11.5. The number of hydrogen-bond donors (Lipinski definition) is 3. The van der Waals surface area contributed by atoms with Crippen molar-refractivity contribution in [2.24, 2.45) is 11.6 Å². The predicted octanol–water partition coefficient (Wildman–Crippen LogP) is 0.607. The van der Waals surface area contributed by atoms with Crippen LogP contribution in [0.3, 0.4) is 0 Å². The Morgan fingerprint density at radius 2 is 1.88 bits per heavy atom. The van der Waals surface area contributed by atoms with Gasteiger partial charge in [-0.1, -0.05) is 18.7 Å². The highest BCUT2D eigenvalue weighted by Gasteiger charge is 2.14. The Bertz CT molecular complexity index is 646. The number of carbonyl (C=O) groups excluding carboxylic acids is 1. The van der Waals surface area contributed by atoms with Gasteiger partial charge in [0.05, 0.1) is 5.69 Å². The zero-order valence-corrected chi connectivity index (χ0v) is 15.7. The number of nitrogens with zero attached hydrogens (tertiary/aromatic N) is 3. The van der Waals surface area contributed by atoms with Crippen molar-refractivity contribution in [3.05, 3.63) is 53.9 Å². The Labute approximate surface area is 155 Å². The number of hydrogen-bond acceptors (Lipinski definition) is 6. The van der Waals surface area contributed by atoms with Crippen molar-refractivity contribution in [2.75, 3.05) is 44.8 Å². The molecular weight excluding hydrogens is 328 g/mol. The highest BCUT2D eigenvalue weighted by Crippen LogP contribution is 2.14. The van der Waals surface area contributed by atoms with E-state index in [2.05, 4.69) is 28.7 Å². The van der Waals surface area contributed by atoms with Crippen LogP contribution in [0, 0.1) is 0 Å². The van der Waals surface area contributed by atoms with Crippen LogP contribution in [0.2, 0.25) is 0 Å². The normalized spacial score (nSPS) is 16.3. The first-order valence-corrected chi connectivity index (χ1v) is 8.79. The summed E-state index contributed by atoms with van der Waals surface area (Å²) in [5.41, 5.74) is 9.20. The maximum Gasteiger partial charge on any atom is 0.246 e. The molecule has 1 amide bonds. The zero-order valence-electron chi connectivity index (χ0n) is 15.7. The molecule has 0 aromatic heterocycles. The number of hydrazine groups is 1. The summed E-state index contributed by atoms with van der Waals surface area (Å²) in [5, 5.41) is 4.33. The minimum absolute atomic E-state index is 0.144. The van der Waals surface area contributed by atoms with Gasteiger partial charge in [-0.3, -0.25) is 14.7 Å². The summed E-state index contributed by atoms with van der Waals surface area (Å²) < 4.78 is 0. The highest BCUT2D eigenvalue weighted by molar-refractivity contribution is 5.92. The molecular formula is C19H30N6O. The van der Waals surface area contributed by atoms with Crippen molar-refractivity contribution < 1.29 is 4.79 Å². The molecule has 1 fully saturated rings. The third kappa shape index (κ3) is 6.18. The summed E-state index contributed by atoms with van der Waals surface area (Å²) in [7, 11) is 2.13. The van der Waals surface area contributed by atoms with Crippen molar-refractivity contribution >= 4 is 11.6 Å². The van der Waals surface area contributed by atoms with Gasteiger partial charge in [-0.25, -0.2) is 5.84 Å². The van der Waals surface area contributed by atoms with Gasteiger partial charge in [0.15, 0.2) is 0 Å². The van der Waals surface area contributed by atoms with Crippen molar-refractivity contribution in [3.63, 3.8) is 0 Å². The van der Waals surface area contributed by atoms with Crippen LogP contribution in [0.25, 0.3) is 0 Å². The third-order valence-electron chi connectivity index (χ3n) is 4.38. The van der Waals surface area contributed by atoms with E-state index in [0.717, 1.165) is 43.1 Å². The number of piperazine rings is 1. The second-order valence-corrected chi connectivity index (χ2v) is 6.82. The van der Waals surface area contributed by atoms with Gasteiger partial charge in [0.2, 0.25) is 5.91 Å². The molecule has 142 valence electrons. The minimum Gasteiger partial charge on any atom is -0.400 e. The van der Waals surface area contributed by atoms with E-state index in [1.54, 1.807) is 13.1 Å². The lowest BCUT2D eigenvalue weighted by Crippen LogP contribution is -2.45. The van der Waals surface area contributed by atoms with Crippen molar-refractivity contribution in [1.29, 1.82) is 0 Å². The van der Waals surface area contributed by atoms with E-state index >= 15 is 0 Å². The number of benzene rings is 1. The lowest BCUT2D eigenvalue weighted by Gasteiger charge is -2.32. The van der Waals surface area contributed by atoms with Gasteiger partial charge in [-0.15, -0.1) is 0 Å². The van der Waals surface area contributed by atoms with Gasteiger partial charge in [0, 0.05) is 56.7 Å². The van der Waals surface area contributed by atoms with Crippen LogP contribution >= 0.6 is 0 Å². The SMILES string of the molecule is C=C(C)C(=O)NCc1ccc(N(N)/C=C(\N)CN2CCN(C)CC2)cc1. The predicted molar refractivity (Wildman–Crippen MR) is 106 cm³/mol. The highest BCUT2D eigenvalue weighted by atomic mass is 16.1. The molecule has 0 unspecified atom stereocenters. The average Bonchev–Trinajstić information content (AvgIpc) is 2.61. The molecule has 5 N–H and O–H groups in total. The van der Waals surface area contributed by atoms with E-state index in [-0.39, 0.29) is 5.91 Å². The molecule has 1 aliphatic heterocycles. The second-order valence-electron chi connectivity index (χ2n) is 6.82. The molecule has 0 bridgehead atoms. The minimum atomic E-state index is -0.144. The number of nitrogens with one attached hydrogen (secondary N) is 1. The number of nitrogens with two attached hydrogens (primary N) is 2. The Balaban J connectivity index is 1.87. The van der Waals surface area contributed by atoms with Gasteiger partial charge < -0.3 is 16.0 Å². The Morgan fingerprint density at radius 3 is 2.46 bits per heavy atom. The van der Waals surface area contributed by atoms with E-state index in [0.29, 0.717) is 18.7 Å². The fourth-order valence-corrected chi connectivity index (χ4v) is 2.68. The largest absolute Gasteiger partial charge is 0.400 e. The molecule has 26 heavy (non-hydrogen) atoms. The Kier molecular flexibility index (Phi) is 7.20. The average molecular weight is 358 g/mol. The Morgan fingerprint density at radius 1 is 1.27 bits per heavy atom. The summed E-state index contributed by atoms with van der Waals surface area (Å²) in [4.78, 5) is 16.2. The Hall–Kier alpha value is -2.35. The molecule has 0 saturated carbocycles. The third-order valence-corrected chi connectivity index (χ3v) is 4.38. The molecule has 1 aromatic carbocycles. The van der Waals surface area contributed by atoms with Crippen LogP contribution in [-0.2, 0) is 11.3 Å². The maximum absolute atomic E-state index is 11.5. The molecule has 7 nitrogen and oxygen atoms in total. The summed E-state index contributed by atoms with van der Waals surface area (Å²) in [6.45, 7) is 10.6. The van der Waals surface area contributed by atoms with Gasteiger partial charge in [-0.2, -0.15) is 0 Å².